The van der Waals surface area contributed by atoms with E-state index < -0.39 is 9.84 Å². The Hall–Kier alpha value is -1.32. The van der Waals surface area contributed by atoms with Crippen molar-refractivity contribution in [2.75, 3.05) is 12.0 Å². The molecule has 5 nitrogen and oxygen atoms in total. The monoisotopic (exact) mass is 242 g/mol. The van der Waals surface area contributed by atoms with Gasteiger partial charge in [0.2, 0.25) is 5.76 Å². The molecule has 0 amide bonds. The summed E-state index contributed by atoms with van der Waals surface area (Å²) in [7, 11) is -2.97. The van der Waals surface area contributed by atoms with E-state index in [4.69, 9.17) is 9.68 Å². The molecule has 0 fully saturated rings. The van der Waals surface area contributed by atoms with Crippen LogP contribution in [0.3, 0.4) is 0 Å². The molecule has 16 heavy (non-hydrogen) atoms. The van der Waals surface area contributed by atoms with E-state index in [1.165, 1.54) is 6.26 Å². The lowest BCUT2D eigenvalue weighted by Gasteiger charge is -2.10. The van der Waals surface area contributed by atoms with E-state index in [2.05, 4.69) is 5.32 Å². The Morgan fingerprint density at radius 1 is 1.56 bits per heavy atom. The van der Waals surface area contributed by atoms with Crippen molar-refractivity contribution in [2.45, 2.75) is 19.5 Å². The molecule has 88 valence electrons. The summed E-state index contributed by atoms with van der Waals surface area (Å²) in [5.41, 5.74) is 0. The van der Waals surface area contributed by atoms with Gasteiger partial charge in [-0.05, 0) is 19.1 Å². The summed E-state index contributed by atoms with van der Waals surface area (Å²) in [6.45, 7) is 2.20. The van der Waals surface area contributed by atoms with Gasteiger partial charge >= 0.3 is 0 Å². The number of hydrogen-bond donors (Lipinski definition) is 1. The highest BCUT2D eigenvalue weighted by Gasteiger charge is 2.10. The number of hydrogen-bond acceptors (Lipinski definition) is 5. The third kappa shape index (κ3) is 4.47. The van der Waals surface area contributed by atoms with Gasteiger partial charge in [-0.15, -0.1) is 0 Å². The summed E-state index contributed by atoms with van der Waals surface area (Å²) < 4.78 is 27.1. The van der Waals surface area contributed by atoms with Gasteiger partial charge in [-0.25, -0.2) is 8.42 Å². The molecule has 0 aromatic carbocycles. The van der Waals surface area contributed by atoms with Gasteiger partial charge in [-0.2, -0.15) is 5.26 Å². The van der Waals surface area contributed by atoms with Crippen molar-refractivity contribution in [3.8, 4) is 6.07 Å². The molecule has 0 spiro atoms. The predicted octanol–water partition coefficient (Wildman–Crippen LogP) is 0.674. The van der Waals surface area contributed by atoms with Crippen molar-refractivity contribution in [2.24, 2.45) is 0 Å². The maximum Gasteiger partial charge on any atom is 0.203 e. The van der Waals surface area contributed by atoms with Crippen LogP contribution in [0.5, 0.6) is 0 Å². The molecule has 1 heterocycles. The number of nitriles is 1. The van der Waals surface area contributed by atoms with Crippen LogP contribution in [0, 0.1) is 11.3 Å². The smallest absolute Gasteiger partial charge is 0.203 e. The van der Waals surface area contributed by atoms with Gasteiger partial charge < -0.3 is 9.73 Å². The van der Waals surface area contributed by atoms with E-state index in [1.807, 2.05) is 6.07 Å². The summed E-state index contributed by atoms with van der Waals surface area (Å²) in [4.78, 5) is 0. The minimum absolute atomic E-state index is 0.0822. The molecule has 0 aliphatic rings. The van der Waals surface area contributed by atoms with Crippen LogP contribution in [0.1, 0.15) is 18.4 Å². The lowest BCUT2D eigenvalue weighted by atomic mass is 10.3. The van der Waals surface area contributed by atoms with Gasteiger partial charge in [0.05, 0.1) is 12.3 Å². The molecule has 1 aromatic heterocycles. The maximum absolute atomic E-state index is 11.0. The first kappa shape index (κ1) is 12.7. The number of nitrogens with one attached hydrogen (secondary N) is 1. The van der Waals surface area contributed by atoms with Gasteiger partial charge in [0.15, 0.2) is 0 Å². The molecule has 0 saturated heterocycles. The summed E-state index contributed by atoms with van der Waals surface area (Å²) in [6.07, 6.45) is 1.20. The highest BCUT2D eigenvalue weighted by molar-refractivity contribution is 7.90. The normalized spacial score (nSPS) is 13.3. The Bertz CT molecular complexity index is 484. The maximum atomic E-state index is 11.0. The van der Waals surface area contributed by atoms with Crippen molar-refractivity contribution in [3.63, 3.8) is 0 Å². The van der Waals surface area contributed by atoms with Crippen LogP contribution in [0.2, 0.25) is 0 Å². The second-order valence-corrected chi connectivity index (χ2v) is 5.94. The minimum atomic E-state index is -2.97. The van der Waals surface area contributed by atoms with Gasteiger partial charge in [0, 0.05) is 12.3 Å². The van der Waals surface area contributed by atoms with E-state index in [9.17, 15) is 8.42 Å². The third-order valence-electron chi connectivity index (χ3n) is 1.95. The fourth-order valence-corrected chi connectivity index (χ4v) is 2.35. The van der Waals surface area contributed by atoms with Gasteiger partial charge in [0.1, 0.15) is 21.7 Å². The lowest BCUT2D eigenvalue weighted by Crippen LogP contribution is -2.32. The first-order chi connectivity index (χ1) is 7.40. The molecule has 0 bridgehead atoms. The van der Waals surface area contributed by atoms with E-state index in [0.717, 1.165) is 0 Å². The third-order valence-corrected chi connectivity index (χ3v) is 3.05. The average molecular weight is 242 g/mol. The Morgan fingerprint density at radius 3 is 2.75 bits per heavy atom. The number of furan rings is 1. The van der Waals surface area contributed by atoms with Gasteiger partial charge in [0.25, 0.3) is 0 Å². The van der Waals surface area contributed by atoms with E-state index in [-0.39, 0.29) is 17.6 Å². The summed E-state index contributed by atoms with van der Waals surface area (Å²) in [5, 5.41) is 11.5. The molecule has 1 atom stereocenters. The molecular formula is C10H14N2O3S. The highest BCUT2D eigenvalue weighted by atomic mass is 32.2. The van der Waals surface area contributed by atoms with Crippen LogP contribution >= 0.6 is 0 Å². The molecular weight excluding hydrogens is 228 g/mol. The predicted molar refractivity (Wildman–Crippen MR) is 59.4 cm³/mol. The van der Waals surface area contributed by atoms with E-state index in [0.29, 0.717) is 12.3 Å². The van der Waals surface area contributed by atoms with Crippen LogP contribution in [-0.4, -0.2) is 26.5 Å². The second kappa shape index (κ2) is 5.14. The fourth-order valence-electron chi connectivity index (χ4n) is 1.32. The van der Waals surface area contributed by atoms with Crippen molar-refractivity contribution >= 4 is 9.84 Å². The van der Waals surface area contributed by atoms with Crippen LogP contribution in [0.25, 0.3) is 0 Å². The van der Waals surface area contributed by atoms with Crippen molar-refractivity contribution in [1.29, 1.82) is 5.26 Å². The van der Waals surface area contributed by atoms with Crippen LogP contribution in [0.15, 0.2) is 16.5 Å². The molecule has 1 rings (SSSR count). The number of rotatable bonds is 5. The molecule has 1 N–H and O–H groups in total. The summed E-state index contributed by atoms with van der Waals surface area (Å²) >= 11 is 0. The second-order valence-electron chi connectivity index (χ2n) is 3.75. The molecule has 6 heteroatoms. The van der Waals surface area contributed by atoms with E-state index in [1.54, 1.807) is 19.1 Å². The Balaban J connectivity index is 2.43. The van der Waals surface area contributed by atoms with Crippen LogP contribution in [0.4, 0.5) is 0 Å². The van der Waals surface area contributed by atoms with Crippen molar-refractivity contribution < 1.29 is 12.8 Å². The van der Waals surface area contributed by atoms with Crippen LogP contribution < -0.4 is 5.32 Å². The molecule has 0 aliphatic carbocycles. The molecule has 1 unspecified atom stereocenters. The Morgan fingerprint density at radius 2 is 2.25 bits per heavy atom. The SMILES string of the molecule is CC(CS(C)(=O)=O)NCc1ccc(C#N)o1. The lowest BCUT2D eigenvalue weighted by molar-refractivity contribution is 0.457. The van der Waals surface area contributed by atoms with Gasteiger partial charge in [-0.1, -0.05) is 0 Å². The minimum Gasteiger partial charge on any atom is -0.449 e. The number of nitrogens with zero attached hydrogens (tertiary/aromatic N) is 1. The quantitative estimate of drug-likeness (QED) is 0.820. The largest absolute Gasteiger partial charge is 0.449 e. The van der Waals surface area contributed by atoms with Crippen molar-refractivity contribution in [3.05, 3.63) is 23.7 Å². The topological polar surface area (TPSA) is 83.1 Å². The molecule has 0 saturated carbocycles. The van der Waals surface area contributed by atoms with E-state index >= 15 is 0 Å². The van der Waals surface area contributed by atoms with Crippen LogP contribution in [-0.2, 0) is 16.4 Å². The molecule has 0 radical (unpaired) electrons. The zero-order valence-corrected chi connectivity index (χ0v) is 10.0. The fraction of sp³-hybridized carbons (Fsp3) is 0.500. The first-order valence-electron chi connectivity index (χ1n) is 4.80. The Labute approximate surface area is 95.0 Å². The standard InChI is InChI=1S/C10H14N2O3S/c1-8(7-16(2,13)14)12-6-10-4-3-9(5-11)15-10/h3-4,8,12H,6-7H2,1-2H3. The Kier molecular flexibility index (Phi) is 4.10. The highest BCUT2D eigenvalue weighted by Crippen LogP contribution is 2.06. The zero-order valence-electron chi connectivity index (χ0n) is 9.23. The van der Waals surface area contributed by atoms with Gasteiger partial charge in [-0.3, -0.25) is 0 Å². The summed E-state index contributed by atoms with van der Waals surface area (Å²) in [5.74, 6) is 0.961. The molecule has 0 aliphatic heterocycles. The van der Waals surface area contributed by atoms with Crippen molar-refractivity contribution in [1.82, 2.24) is 5.32 Å². The number of sulfone groups is 1. The summed E-state index contributed by atoms with van der Waals surface area (Å²) in [6, 6.07) is 5.01. The molecule has 1 aromatic rings. The zero-order chi connectivity index (χ0) is 12.2. The first-order valence-corrected chi connectivity index (χ1v) is 6.86. The average Bonchev–Trinajstić information content (AvgIpc) is 2.59.